The molecule has 1 N–H and O–H groups in total. The van der Waals surface area contributed by atoms with Crippen LogP contribution in [0.4, 0.5) is 11.6 Å². The third-order valence-corrected chi connectivity index (χ3v) is 7.89. The molecule has 0 aromatic carbocycles. The zero-order chi connectivity index (χ0) is 20.4. The highest BCUT2D eigenvalue weighted by Gasteiger charge is 2.31. The van der Waals surface area contributed by atoms with E-state index in [4.69, 9.17) is 6.57 Å². The van der Waals surface area contributed by atoms with Gasteiger partial charge in [0, 0.05) is 32.2 Å². The van der Waals surface area contributed by atoms with Crippen LogP contribution in [0, 0.1) is 6.57 Å². The number of sulfonamides is 1. The Morgan fingerprint density at radius 3 is 2.52 bits per heavy atom. The number of nitrogens with one attached hydrogen (secondary N) is 1. The number of rotatable bonds is 4. The van der Waals surface area contributed by atoms with E-state index in [9.17, 15) is 13.2 Å². The van der Waals surface area contributed by atoms with Gasteiger partial charge in [-0.15, -0.1) is 16.3 Å². The van der Waals surface area contributed by atoms with Crippen LogP contribution in [0.2, 0.25) is 0 Å². The molecule has 148 valence electrons. The molecular weight excluding hydrogens is 414 g/mol. The van der Waals surface area contributed by atoms with Crippen molar-refractivity contribution in [3.63, 3.8) is 0 Å². The fourth-order valence-electron chi connectivity index (χ4n) is 2.97. The zero-order valence-corrected chi connectivity index (χ0v) is 16.7. The van der Waals surface area contributed by atoms with Crippen LogP contribution in [0.3, 0.4) is 0 Å². The highest BCUT2D eigenvalue weighted by atomic mass is 32.2. The van der Waals surface area contributed by atoms with E-state index < -0.39 is 10.0 Å². The lowest BCUT2D eigenvalue weighted by molar-refractivity contribution is 0.385. The molecule has 12 heteroatoms. The highest BCUT2D eigenvalue weighted by Crippen LogP contribution is 2.32. The van der Waals surface area contributed by atoms with Crippen LogP contribution in [0.5, 0.6) is 0 Å². The predicted molar refractivity (Wildman–Crippen MR) is 107 cm³/mol. The lowest BCUT2D eigenvalue weighted by atomic mass is 10.3. The number of hydrogen-bond acceptors (Lipinski definition) is 8. The molecule has 1 fully saturated rings. The van der Waals surface area contributed by atoms with Gasteiger partial charge in [-0.05, 0) is 18.2 Å². The quantitative estimate of drug-likeness (QED) is 0.622. The average Bonchev–Trinajstić information content (AvgIpc) is 3.25. The fourth-order valence-corrected chi connectivity index (χ4v) is 5.82. The van der Waals surface area contributed by atoms with Gasteiger partial charge in [-0.3, -0.25) is 4.79 Å². The molecule has 3 aromatic heterocycles. The minimum absolute atomic E-state index is 0.208. The molecule has 0 spiro atoms. The second-order valence-electron chi connectivity index (χ2n) is 6.13. The molecule has 0 aliphatic carbocycles. The van der Waals surface area contributed by atoms with Gasteiger partial charge >= 0.3 is 5.82 Å². The van der Waals surface area contributed by atoms with Crippen LogP contribution in [-0.2, 0) is 10.0 Å². The molecule has 3 aromatic rings. The lowest BCUT2D eigenvalue weighted by Crippen LogP contribution is -2.48. The van der Waals surface area contributed by atoms with E-state index in [1.807, 2.05) is 4.90 Å². The summed E-state index contributed by atoms with van der Waals surface area (Å²) in [6, 6.07) is 6.12. The summed E-state index contributed by atoms with van der Waals surface area (Å²) < 4.78 is 27.7. The number of piperazine rings is 1. The predicted octanol–water partition coefficient (Wildman–Crippen LogP) is 1.35. The van der Waals surface area contributed by atoms with Gasteiger partial charge in [-0.25, -0.2) is 18.5 Å². The maximum absolute atomic E-state index is 13.0. The molecule has 10 nitrogen and oxygen atoms in total. The summed E-state index contributed by atoms with van der Waals surface area (Å²) in [6.07, 6.45) is 2.98. The molecule has 0 saturated carbocycles. The van der Waals surface area contributed by atoms with Gasteiger partial charge in [0.05, 0.1) is 11.1 Å². The van der Waals surface area contributed by atoms with Crippen molar-refractivity contribution in [3.05, 3.63) is 58.4 Å². The SMILES string of the molecule is [C-]#[N+]c1nccnc1N1CCN(S(=O)(=O)c2ccc(-c3ccc(=O)[nH]n3)s2)CC1. The first-order chi connectivity index (χ1) is 14.0. The van der Waals surface area contributed by atoms with E-state index >= 15 is 0 Å². The van der Waals surface area contributed by atoms with Gasteiger partial charge < -0.3 is 9.74 Å². The Morgan fingerprint density at radius 2 is 1.83 bits per heavy atom. The van der Waals surface area contributed by atoms with Crippen molar-refractivity contribution >= 4 is 33.0 Å². The Morgan fingerprint density at radius 1 is 1.07 bits per heavy atom. The van der Waals surface area contributed by atoms with Gasteiger partial charge in [0.15, 0.2) is 5.82 Å². The van der Waals surface area contributed by atoms with E-state index in [-0.39, 0.29) is 28.7 Å². The second kappa shape index (κ2) is 7.70. The number of hydrogen-bond donors (Lipinski definition) is 1. The molecule has 0 atom stereocenters. The molecule has 0 bridgehead atoms. The summed E-state index contributed by atoms with van der Waals surface area (Å²) in [5.41, 5.74) is 0.190. The highest BCUT2D eigenvalue weighted by molar-refractivity contribution is 7.91. The second-order valence-corrected chi connectivity index (χ2v) is 9.38. The Hall–Kier alpha value is -3.14. The number of nitrogens with zero attached hydrogens (tertiary/aromatic N) is 6. The lowest BCUT2D eigenvalue weighted by Gasteiger charge is -2.34. The van der Waals surface area contributed by atoms with E-state index in [0.717, 1.165) is 11.3 Å². The maximum Gasteiger partial charge on any atom is 0.312 e. The van der Waals surface area contributed by atoms with Crippen LogP contribution in [0.1, 0.15) is 0 Å². The summed E-state index contributed by atoms with van der Waals surface area (Å²) >= 11 is 1.11. The normalized spacial score (nSPS) is 15.2. The van der Waals surface area contributed by atoms with E-state index in [2.05, 4.69) is 25.0 Å². The van der Waals surface area contributed by atoms with Crippen LogP contribution in [-0.4, -0.2) is 59.1 Å². The van der Waals surface area contributed by atoms with Crippen molar-refractivity contribution in [1.29, 1.82) is 0 Å². The largest absolute Gasteiger partial charge is 0.361 e. The van der Waals surface area contributed by atoms with Crippen molar-refractivity contribution in [1.82, 2.24) is 24.5 Å². The molecule has 0 unspecified atom stereocenters. The van der Waals surface area contributed by atoms with Crippen molar-refractivity contribution in [3.8, 4) is 10.6 Å². The van der Waals surface area contributed by atoms with Crippen LogP contribution >= 0.6 is 11.3 Å². The monoisotopic (exact) mass is 429 g/mol. The van der Waals surface area contributed by atoms with Gasteiger partial charge in [-0.2, -0.15) is 9.40 Å². The number of H-pyrrole nitrogens is 1. The van der Waals surface area contributed by atoms with Gasteiger partial charge in [0.1, 0.15) is 16.1 Å². The van der Waals surface area contributed by atoms with Gasteiger partial charge in [0.2, 0.25) is 0 Å². The Bertz CT molecular complexity index is 1220. The maximum atomic E-state index is 13.0. The fraction of sp³-hybridized carbons (Fsp3) is 0.235. The minimum Gasteiger partial charge on any atom is -0.361 e. The van der Waals surface area contributed by atoms with Crippen molar-refractivity contribution in [2.24, 2.45) is 0 Å². The zero-order valence-electron chi connectivity index (χ0n) is 15.0. The van der Waals surface area contributed by atoms with Crippen LogP contribution in [0.15, 0.2) is 45.7 Å². The molecule has 1 saturated heterocycles. The molecule has 4 heterocycles. The summed E-state index contributed by atoms with van der Waals surface area (Å²) in [7, 11) is -3.65. The Kier molecular flexibility index (Phi) is 5.10. The molecule has 0 amide bonds. The molecule has 1 aliphatic heterocycles. The average molecular weight is 429 g/mol. The first-order valence-electron chi connectivity index (χ1n) is 8.58. The summed E-state index contributed by atoms with van der Waals surface area (Å²) in [4.78, 5) is 25.3. The van der Waals surface area contributed by atoms with Gasteiger partial charge in [-0.1, -0.05) is 6.57 Å². The molecule has 1 aliphatic rings. The van der Waals surface area contributed by atoms with Crippen molar-refractivity contribution in [2.45, 2.75) is 4.21 Å². The number of anilines is 1. The molecule has 0 radical (unpaired) electrons. The number of thiophene rings is 1. The van der Waals surface area contributed by atoms with E-state index in [0.29, 0.717) is 29.5 Å². The molecular formula is C17H15N7O3S2. The first-order valence-corrected chi connectivity index (χ1v) is 10.8. The molecule has 4 rings (SSSR count). The Balaban J connectivity index is 1.50. The summed E-state index contributed by atoms with van der Waals surface area (Å²) in [6.45, 7) is 8.60. The van der Waals surface area contributed by atoms with Gasteiger partial charge in [0.25, 0.3) is 15.6 Å². The van der Waals surface area contributed by atoms with Crippen LogP contribution < -0.4 is 10.5 Å². The number of aromatic amines is 1. The topological polar surface area (TPSA) is 117 Å². The Labute approximate surface area is 170 Å². The summed E-state index contributed by atoms with van der Waals surface area (Å²) in [5.74, 6) is 0.683. The standard InChI is InChI=1S/C17H15N7O3S2/c1-18-16-17(20-7-6-19-16)23-8-10-24(11-9-23)29(26,27)15-5-3-13(28-15)12-2-4-14(25)22-21-12/h2-7H,8-11H2,(H,22,25). The van der Waals surface area contributed by atoms with Crippen molar-refractivity contribution < 1.29 is 8.42 Å². The van der Waals surface area contributed by atoms with E-state index in [1.165, 1.54) is 22.8 Å². The smallest absolute Gasteiger partial charge is 0.312 e. The molecule has 29 heavy (non-hydrogen) atoms. The van der Waals surface area contributed by atoms with Crippen LogP contribution in [0.25, 0.3) is 15.4 Å². The minimum atomic E-state index is -3.65. The third kappa shape index (κ3) is 3.75. The summed E-state index contributed by atoms with van der Waals surface area (Å²) in [5, 5.41) is 6.28. The van der Waals surface area contributed by atoms with Crippen molar-refractivity contribution in [2.75, 3.05) is 31.1 Å². The van der Waals surface area contributed by atoms with E-state index in [1.54, 1.807) is 18.2 Å². The third-order valence-electron chi connectivity index (χ3n) is 4.41. The number of aromatic nitrogens is 4. The first kappa shape index (κ1) is 19.2.